The van der Waals surface area contributed by atoms with Crippen LogP contribution in [0.25, 0.3) is 0 Å². The fourth-order valence-corrected chi connectivity index (χ4v) is 2.09. The molecular formula is C16H35IN4O. The van der Waals surface area contributed by atoms with Gasteiger partial charge in [0, 0.05) is 32.6 Å². The number of aliphatic imine (C=N–C) groups is 1. The number of guanidine groups is 1. The zero-order chi connectivity index (χ0) is 16.1. The molecule has 1 unspecified atom stereocenters. The van der Waals surface area contributed by atoms with Crippen LogP contribution < -0.4 is 16.0 Å². The molecule has 0 spiro atoms. The molecule has 0 aliphatic carbocycles. The highest BCUT2D eigenvalue weighted by molar-refractivity contribution is 14.0. The Bertz CT molecular complexity index is 309. The van der Waals surface area contributed by atoms with Gasteiger partial charge in [-0.3, -0.25) is 9.79 Å². The van der Waals surface area contributed by atoms with Gasteiger partial charge in [0.05, 0.1) is 0 Å². The number of halogens is 1. The molecule has 3 N–H and O–H groups in total. The summed E-state index contributed by atoms with van der Waals surface area (Å²) in [6.07, 6.45) is 5.43. The van der Waals surface area contributed by atoms with E-state index in [1.54, 1.807) is 7.05 Å². The molecular weight excluding hydrogens is 391 g/mol. The Kier molecular flexibility index (Phi) is 16.6. The van der Waals surface area contributed by atoms with Crippen molar-refractivity contribution in [3.8, 4) is 0 Å². The molecule has 5 nitrogen and oxygen atoms in total. The summed E-state index contributed by atoms with van der Waals surface area (Å²) in [4.78, 5) is 15.7. The molecule has 0 saturated heterocycles. The van der Waals surface area contributed by atoms with E-state index in [0.717, 1.165) is 12.5 Å². The third kappa shape index (κ3) is 13.2. The van der Waals surface area contributed by atoms with Crippen molar-refractivity contribution in [2.24, 2.45) is 10.9 Å². The standard InChI is InChI=1S/C16H34N4O.HI/c1-6-8-9-14(7-2)12-19-16(17-5)18-11-10-15(21)20-13(3)4;/h13-14H,6-12H2,1-5H3,(H,20,21)(H2,17,18,19);1H. The first-order valence-corrected chi connectivity index (χ1v) is 8.27. The molecule has 1 atom stereocenters. The lowest BCUT2D eigenvalue weighted by atomic mass is 9.99. The van der Waals surface area contributed by atoms with Gasteiger partial charge >= 0.3 is 0 Å². The summed E-state index contributed by atoms with van der Waals surface area (Å²) in [6, 6.07) is 0.193. The second kappa shape index (κ2) is 15.4. The first-order valence-electron chi connectivity index (χ1n) is 8.27. The molecule has 6 heteroatoms. The van der Waals surface area contributed by atoms with Gasteiger partial charge in [-0.05, 0) is 26.2 Å². The van der Waals surface area contributed by atoms with Gasteiger partial charge < -0.3 is 16.0 Å². The van der Waals surface area contributed by atoms with Crippen LogP contribution in [0.5, 0.6) is 0 Å². The van der Waals surface area contributed by atoms with Gasteiger partial charge in [0.15, 0.2) is 5.96 Å². The Morgan fingerprint density at radius 3 is 2.36 bits per heavy atom. The molecule has 0 aliphatic heterocycles. The molecule has 0 rings (SSSR count). The fraction of sp³-hybridized carbons (Fsp3) is 0.875. The highest BCUT2D eigenvalue weighted by atomic mass is 127. The molecule has 22 heavy (non-hydrogen) atoms. The van der Waals surface area contributed by atoms with Crippen molar-refractivity contribution < 1.29 is 4.79 Å². The topological polar surface area (TPSA) is 65.5 Å². The van der Waals surface area contributed by atoms with E-state index in [0.29, 0.717) is 18.9 Å². The SMILES string of the molecule is CCCCC(CC)CNC(=NC)NCCC(=O)NC(C)C.I. The molecule has 132 valence electrons. The van der Waals surface area contributed by atoms with Gasteiger partial charge in [0.25, 0.3) is 0 Å². The number of nitrogens with one attached hydrogen (secondary N) is 3. The molecule has 0 aliphatic rings. The molecule has 0 fully saturated rings. The quantitative estimate of drug-likeness (QED) is 0.286. The molecule has 0 aromatic carbocycles. The van der Waals surface area contributed by atoms with Crippen LogP contribution in [-0.2, 0) is 4.79 Å². The summed E-state index contributed by atoms with van der Waals surface area (Å²) < 4.78 is 0. The summed E-state index contributed by atoms with van der Waals surface area (Å²) >= 11 is 0. The van der Waals surface area contributed by atoms with Gasteiger partial charge in [0.2, 0.25) is 5.91 Å². The minimum Gasteiger partial charge on any atom is -0.356 e. The van der Waals surface area contributed by atoms with E-state index < -0.39 is 0 Å². The average Bonchev–Trinajstić information content (AvgIpc) is 2.44. The Labute approximate surface area is 153 Å². The summed E-state index contributed by atoms with van der Waals surface area (Å²) in [6.45, 7) is 9.93. The third-order valence-corrected chi connectivity index (χ3v) is 3.42. The number of carbonyl (C=O) groups excluding carboxylic acids is 1. The average molecular weight is 426 g/mol. The number of nitrogens with zero attached hydrogens (tertiary/aromatic N) is 1. The Hall–Kier alpha value is -0.530. The number of unbranched alkanes of at least 4 members (excludes halogenated alkanes) is 1. The Balaban J connectivity index is 0. The van der Waals surface area contributed by atoms with Gasteiger partial charge in [-0.25, -0.2) is 0 Å². The highest BCUT2D eigenvalue weighted by Crippen LogP contribution is 2.10. The molecule has 0 saturated carbocycles. The van der Waals surface area contributed by atoms with Crippen LogP contribution in [0.1, 0.15) is 59.8 Å². The van der Waals surface area contributed by atoms with Crippen molar-refractivity contribution >= 4 is 35.8 Å². The van der Waals surface area contributed by atoms with Crippen LogP contribution in [0.2, 0.25) is 0 Å². The van der Waals surface area contributed by atoms with Crippen LogP contribution in [0.15, 0.2) is 4.99 Å². The van der Waals surface area contributed by atoms with Crippen molar-refractivity contribution in [3.63, 3.8) is 0 Å². The third-order valence-electron chi connectivity index (χ3n) is 3.42. The second-order valence-corrected chi connectivity index (χ2v) is 5.77. The summed E-state index contributed by atoms with van der Waals surface area (Å²) in [7, 11) is 1.76. The van der Waals surface area contributed by atoms with Crippen molar-refractivity contribution in [2.45, 2.75) is 65.8 Å². The minimum absolute atomic E-state index is 0. The van der Waals surface area contributed by atoms with Gasteiger partial charge in [0.1, 0.15) is 0 Å². The maximum atomic E-state index is 11.5. The Morgan fingerprint density at radius 1 is 1.18 bits per heavy atom. The van der Waals surface area contributed by atoms with E-state index in [1.165, 1.54) is 25.7 Å². The number of rotatable bonds is 10. The van der Waals surface area contributed by atoms with Crippen molar-refractivity contribution in [1.29, 1.82) is 0 Å². The van der Waals surface area contributed by atoms with E-state index >= 15 is 0 Å². The largest absolute Gasteiger partial charge is 0.356 e. The Morgan fingerprint density at radius 2 is 1.86 bits per heavy atom. The van der Waals surface area contributed by atoms with E-state index in [-0.39, 0.29) is 35.9 Å². The predicted octanol–water partition coefficient (Wildman–Crippen LogP) is 2.90. The van der Waals surface area contributed by atoms with Crippen molar-refractivity contribution in [3.05, 3.63) is 0 Å². The lowest BCUT2D eigenvalue weighted by Crippen LogP contribution is -2.41. The molecule has 0 aromatic heterocycles. The summed E-state index contributed by atoms with van der Waals surface area (Å²) in [5.41, 5.74) is 0. The predicted molar refractivity (Wildman–Crippen MR) is 106 cm³/mol. The molecule has 0 heterocycles. The second-order valence-electron chi connectivity index (χ2n) is 5.77. The number of hydrogen-bond donors (Lipinski definition) is 3. The lowest BCUT2D eigenvalue weighted by Gasteiger charge is -2.18. The maximum absolute atomic E-state index is 11.5. The van der Waals surface area contributed by atoms with E-state index in [1.807, 2.05) is 13.8 Å². The van der Waals surface area contributed by atoms with Crippen molar-refractivity contribution in [1.82, 2.24) is 16.0 Å². The zero-order valence-electron chi connectivity index (χ0n) is 14.9. The normalized spacial score (nSPS) is 12.5. The van der Waals surface area contributed by atoms with E-state index in [2.05, 4.69) is 34.8 Å². The molecule has 0 aromatic rings. The van der Waals surface area contributed by atoms with Crippen LogP contribution in [0.4, 0.5) is 0 Å². The van der Waals surface area contributed by atoms with Crippen LogP contribution >= 0.6 is 24.0 Å². The molecule has 0 bridgehead atoms. The molecule has 1 amide bonds. The fourth-order valence-electron chi connectivity index (χ4n) is 2.09. The summed E-state index contributed by atoms with van der Waals surface area (Å²) in [5, 5.41) is 9.42. The van der Waals surface area contributed by atoms with Gasteiger partial charge in [-0.2, -0.15) is 0 Å². The minimum atomic E-state index is 0. The van der Waals surface area contributed by atoms with Crippen LogP contribution in [-0.4, -0.2) is 38.0 Å². The van der Waals surface area contributed by atoms with Gasteiger partial charge in [-0.15, -0.1) is 24.0 Å². The van der Waals surface area contributed by atoms with E-state index in [4.69, 9.17) is 0 Å². The smallest absolute Gasteiger partial charge is 0.221 e. The monoisotopic (exact) mass is 426 g/mol. The van der Waals surface area contributed by atoms with E-state index in [9.17, 15) is 4.79 Å². The summed E-state index contributed by atoms with van der Waals surface area (Å²) in [5.74, 6) is 1.54. The number of amides is 1. The molecule has 0 radical (unpaired) electrons. The maximum Gasteiger partial charge on any atom is 0.221 e. The van der Waals surface area contributed by atoms with Crippen LogP contribution in [0.3, 0.4) is 0 Å². The first kappa shape index (κ1) is 23.7. The number of hydrogen-bond acceptors (Lipinski definition) is 2. The van der Waals surface area contributed by atoms with Gasteiger partial charge in [-0.1, -0.05) is 33.1 Å². The van der Waals surface area contributed by atoms with Crippen molar-refractivity contribution in [2.75, 3.05) is 20.1 Å². The first-order chi connectivity index (χ1) is 10.0. The van der Waals surface area contributed by atoms with Crippen LogP contribution in [0, 0.1) is 5.92 Å². The zero-order valence-corrected chi connectivity index (χ0v) is 17.2. The lowest BCUT2D eigenvalue weighted by molar-refractivity contribution is -0.121. The highest BCUT2D eigenvalue weighted by Gasteiger charge is 2.07. The number of carbonyl (C=O) groups is 1.